The second-order valence-corrected chi connectivity index (χ2v) is 9.94. The van der Waals surface area contributed by atoms with Crippen LogP contribution in [-0.2, 0) is 16.1 Å². The first kappa shape index (κ1) is 28.0. The van der Waals surface area contributed by atoms with Crippen LogP contribution in [0, 0.1) is 11.6 Å². The number of hydrogen-bond acceptors (Lipinski definition) is 8. The molecule has 2 aromatic carbocycles. The van der Waals surface area contributed by atoms with Crippen molar-refractivity contribution in [1.29, 1.82) is 0 Å². The maximum Gasteiger partial charge on any atom is 0.341 e. The molecule has 0 aliphatic rings. The first-order valence-corrected chi connectivity index (χ1v) is 13.5. The van der Waals surface area contributed by atoms with E-state index in [1.165, 1.54) is 24.5 Å². The number of carbonyl (C=O) groups excluding carboxylic acids is 2. The molecule has 39 heavy (non-hydrogen) atoms. The van der Waals surface area contributed by atoms with E-state index in [0.29, 0.717) is 28.1 Å². The summed E-state index contributed by atoms with van der Waals surface area (Å²) in [6, 6.07) is 12.4. The molecule has 0 saturated heterocycles. The number of methoxy groups -OCH3 is 1. The van der Waals surface area contributed by atoms with Crippen LogP contribution >= 0.6 is 23.1 Å². The minimum Gasteiger partial charge on any atom is -0.480 e. The van der Waals surface area contributed by atoms with Gasteiger partial charge in [-0.1, -0.05) is 48.2 Å². The Hall–Kier alpha value is -4.03. The molecule has 0 saturated carbocycles. The van der Waals surface area contributed by atoms with Crippen LogP contribution in [0.4, 0.5) is 13.8 Å². The van der Waals surface area contributed by atoms with Crippen LogP contribution in [0.15, 0.2) is 71.7 Å². The number of allylic oxidation sites excluding steroid dienone is 1. The van der Waals surface area contributed by atoms with Gasteiger partial charge in [-0.15, -0.1) is 28.1 Å². The monoisotopic (exact) mass is 570 g/mol. The van der Waals surface area contributed by atoms with E-state index in [1.807, 2.05) is 30.3 Å². The number of halogens is 2. The fourth-order valence-electron chi connectivity index (χ4n) is 3.70. The molecule has 4 rings (SSSR count). The molecule has 2 aromatic heterocycles. The highest BCUT2D eigenvalue weighted by molar-refractivity contribution is 7.99. The maximum atomic E-state index is 14.1. The molecule has 202 valence electrons. The first-order chi connectivity index (χ1) is 18.8. The van der Waals surface area contributed by atoms with E-state index in [1.54, 1.807) is 22.9 Å². The molecule has 1 N–H and O–H groups in total. The van der Waals surface area contributed by atoms with Gasteiger partial charge in [0.2, 0.25) is 5.91 Å². The molecule has 0 bridgehead atoms. The number of thiophene rings is 1. The lowest BCUT2D eigenvalue weighted by molar-refractivity contribution is -0.113. The summed E-state index contributed by atoms with van der Waals surface area (Å²) in [5.74, 6) is -2.25. The summed E-state index contributed by atoms with van der Waals surface area (Å²) in [5.41, 5.74) is 1.77. The fourth-order valence-corrected chi connectivity index (χ4v) is 5.43. The summed E-state index contributed by atoms with van der Waals surface area (Å²) in [7, 11) is 1.29. The molecule has 0 aliphatic carbocycles. The zero-order valence-electron chi connectivity index (χ0n) is 21.0. The largest absolute Gasteiger partial charge is 0.480 e. The zero-order valence-corrected chi connectivity index (χ0v) is 22.7. The predicted octanol–water partition coefficient (Wildman–Crippen LogP) is 6.13. The molecule has 0 radical (unpaired) electrons. The summed E-state index contributed by atoms with van der Waals surface area (Å²) >= 11 is 2.35. The minimum absolute atomic E-state index is 0.0315. The van der Waals surface area contributed by atoms with Crippen molar-refractivity contribution in [1.82, 2.24) is 14.8 Å². The molecule has 1 amide bonds. The van der Waals surface area contributed by atoms with Crippen LogP contribution in [0.2, 0.25) is 0 Å². The van der Waals surface area contributed by atoms with Gasteiger partial charge in [0.1, 0.15) is 16.4 Å². The topological polar surface area (TPSA) is 95.3 Å². The summed E-state index contributed by atoms with van der Waals surface area (Å²) in [6.07, 6.45) is 0.896. The first-order valence-electron chi connectivity index (χ1n) is 11.7. The lowest BCUT2D eigenvalue weighted by Gasteiger charge is -2.16. The lowest BCUT2D eigenvalue weighted by atomic mass is 10.0. The third kappa shape index (κ3) is 6.52. The smallest absolute Gasteiger partial charge is 0.341 e. The standard InChI is InChI=1S/C27H24F2N4O4S2/c1-4-12-33-24(16(2)37-21-11-10-18(28)13-20(21)29)31-32-27(33)39-15-22(34)30-25-23(26(35)36-3)19(14-38-25)17-8-6-5-7-9-17/h4-11,13-14,16H,1,12,15H2,2-3H3,(H,30,34). The Balaban J connectivity index is 1.47. The summed E-state index contributed by atoms with van der Waals surface area (Å²) < 4.78 is 39.6. The van der Waals surface area contributed by atoms with Crippen LogP contribution in [0.5, 0.6) is 5.75 Å². The van der Waals surface area contributed by atoms with Crippen LogP contribution in [0.3, 0.4) is 0 Å². The molecule has 2 heterocycles. The Kier molecular flexibility index (Phi) is 9.10. The summed E-state index contributed by atoms with van der Waals surface area (Å²) in [4.78, 5) is 25.4. The van der Waals surface area contributed by atoms with E-state index in [4.69, 9.17) is 9.47 Å². The summed E-state index contributed by atoms with van der Waals surface area (Å²) in [6.45, 7) is 5.71. The number of benzene rings is 2. The van der Waals surface area contributed by atoms with E-state index < -0.39 is 23.7 Å². The Morgan fingerprint density at radius 1 is 1.21 bits per heavy atom. The quantitative estimate of drug-likeness (QED) is 0.132. The van der Waals surface area contributed by atoms with Gasteiger partial charge in [-0.3, -0.25) is 9.36 Å². The van der Waals surface area contributed by atoms with E-state index in [-0.39, 0.29) is 23.0 Å². The summed E-state index contributed by atoms with van der Waals surface area (Å²) in [5, 5.41) is 13.7. The van der Waals surface area contributed by atoms with Crippen molar-refractivity contribution in [3.05, 3.63) is 89.6 Å². The number of carbonyl (C=O) groups is 2. The third-order valence-electron chi connectivity index (χ3n) is 5.47. The van der Waals surface area contributed by atoms with Crippen LogP contribution in [-0.4, -0.2) is 39.5 Å². The molecule has 0 aliphatic heterocycles. The zero-order chi connectivity index (χ0) is 27.9. The van der Waals surface area contributed by atoms with Crippen LogP contribution in [0.25, 0.3) is 11.1 Å². The lowest BCUT2D eigenvalue weighted by Crippen LogP contribution is -2.17. The number of amides is 1. The van der Waals surface area contributed by atoms with Gasteiger partial charge in [0.15, 0.2) is 28.7 Å². The number of thioether (sulfide) groups is 1. The average Bonchev–Trinajstić information content (AvgIpc) is 3.53. The van der Waals surface area contributed by atoms with Crippen LogP contribution < -0.4 is 10.1 Å². The van der Waals surface area contributed by atoms with Gasteiger partial charge in [-0.25, -0.2) is 13.6 Å². The molecular formula is C27H24F2N4O4S2. The normalized spacial score (nSPS) is 11.6. The SMILES string of the molecule is C=CCn1c(SCC(=O)Nc2scc(-c3ccccc3)c2C(=O)OC)nnc1C(C)Oc1ccc(F)cc1F. The number of nitrogens with zero attached hydrogens (tertiary/aromatic N) is 3. The fraction of sp³-hybridized carbons (Fsp3) is 0.185. The molecule has 1 atom stereocenters. The number of aromatic nitrogens is 3. The maximum absolute atomic E-state index is 14.1. The molecule has 0 spiro atoms. The van der Waals surface area contributed by atoms with E-state index in [9.17, 15) is 18.4 Å². The molecule has 8 nitrogen and oxygen atoms in total. The van der Waals surface area contributed by atoms with Gasteiger partial charge in [0.25, 0.3) is 0 Å². The van der Waals surface area contributed by atoms with E-state index >= 15 is 0 Å². The van der Waals surface area contributed by atoms with Gasteiger partial charge >= 0.3 is 5.97 Å². The van der Waals surface area contributed by atoms with Gasteiger partial charge in [-0.05, 0) is 24.6 Å². The average molecular weight is 571 g/mol. The Morgan fingerprint density at radius 2 is 1.97 bits per heavy atom. The Bertz CT molecular complexity index is 1490. The van der Waals surface area contributed by atoms with E-state index in [2.05, 4.69) is 22.1 Å². The van der Waals surface area contributed by atoms with Crippen LogP contribution in [0.1, 0.15) is 29.2 Å². The molecule has 12 heteroatoms. The number of anilines is 1. The second-order valence-electron chi connectivity index (χ2n) is 8.12. The van der Waals surface area contributed by atoms with Crippen molar-refractivity contribution >= 4 is 40.0 Å². The highest BCUT2D eigenvalue weighted by Crippen LogP contribution is 2.36. The number of ether oxygens (including phenoxy) is 2. The number of rotatable bonds is 11. The Morgan fingerprint density at radius 3 is 2.67 bits per heavy atom. The number of hydrogen-bond donors (Lipinski definition) is 1. The van der Waals surface area contributed by atoms with Crippen molar-refractivity contribution in [2.45, 2.75) is 24.7 Å². The minimum atomic E-state index is -0.835. The molecule has 1 unspecified atom stereocenters. The van der Waals surface area contributed by atoms with Crippen molar-refractivity contribution in [3.63, 3.8) is 0 Å². The number of esters is 1. The highest BCUT2D eigenvalue weighted by atomic mass is 32.2. The van der Waals surface area contributed by atoms with E-state index in [0.717, 1.165) is 29.5 Å². The Labute approximate surface area is 231 Å². The molecule has 4 aromatic rings. The van der Waals surface area contributed by atoms with Crippen molar-refractivity contribution in [3.8, 4) is 16.9 Å². The van der Waals surface area contributed by atoms with Gasteiger partial charge in [0, 0.05) is 23.6 Å². The number of nitrogens with one attached hydrogen (secondary N) is 1. The van der Waals surface area contributed by atoms with Gasteiger partial charge in [0.05, 0.1) is 12.9 Å². The van der Waals surface area contributed by atoms with Crippen molar-refractivity contribution in [2.75, 3.05) is 18.2 Å². The second kappa shape index (κ2) is 12.7. The third-order valence-corrected chi connectivity index (χ3v) is 7.33. The van der Waals surface area contributed by atoms with Gasteiger partial charge < -0.3 is 14.8 Å². The van der Waals surface area contributed by atoms with Crippen molar-refractivity contribution in [2.24, 2.45) is 0 Å². The highest BCUT2D eigenvalue weighted by Gasteiger charge is 2.24. The van der Waals surface area contributed by atoms with Crippen molar-refractivity contribution < 1.29 is 27.8 Å². The predicted molar refractivity (Wildman–Crippen MR) is 146 cm³/mol. The molecular weight excluding hydrogens is 546 g/mol. The van der Waals surface area contributed by atoms with Gasteiger partial charge in [-0.2, -0.15) is 0 Å². The molecule has 0 fully saturated rings.